The Morgan fingerprint density at radius 3 is 2.56 bits per heavy atom. The van der Waals surface area contributed by atoms with Crippen LogP contribution in [0.25, 0.3) is 11.1 Å². The van der Waals surface area contributed by atoms with Crippen LogP contribution >= 0.6 is 0 Å². The number of primary amides is 1. The molecule has 2 aromatic rings. The monoisotopic (exact) mass is 236 g/mol. The van der Waals surface area contributed by atoms with Crippen LogP contribution in [0.1, 0.15) is 21.5 Å². The number of carbonyl (C=O) groups excluding carboxylic acids is 1. The van der Waals surface area contributed by atoms with Crippen LogP contribution in [0, 0.1) is 18.3 Å². The van der Waals surface area contributed by atoms with E-state index in [9.17, 15) is 4.79 Å². The fraction of sp³-hybridized carbons (Fsp3) is 0.0667. The molecule has 2 rings (SSSR count). The fourth-order valence-corrected chi connectivity index (χ4v) is 2.03. The van der Waals surface area contributed by atoms with Crippen LogP contribution in [0.2, 0.25) is 0 Å². The van der Waals surface area contributed by atoms with E-state index in [-0.39, 0.29) is 0 Å². The van der Waals surface area contributed by atoms with Gasteiger partial charge in [-0.25, -0.2) is 0 Å². The molecule has 0 aliphatic heterocycles. The summed E-state index contributed by atoms with van der Waals surface area (Å²) >= 11 is 0. The Kier molecular flexibility index (Phi) is 3.11. The van der Waals surface area contributed by atoms with Crippen molar-refractivity contribution in [3.8, 4) is 17.2 Å². The molecule has 88 valence electrons. The van der Waals surface area contributed by atoms with Gasteiger partial charge < -0.3 is 5.73 Å². The highest BCUT2D eigenvalue weighted by Gasteiger charge is 2.14. The third-order valence-corrected chi connectivity index (χ3v) is 2.86. The zero-order chi connectivity index (χ0) is 13.1. The Labute approximate surface area is 105 Å². The molecule has 0 atom stereocenters. The number of rotatable bonds is 2. The minimum Gasteiger partial charge on any atom is -0.366 e. The standard InChI is InChI=1S/C15H12N2O/c1-10-5-4-8-13(15(17)18)14(10)12-7-3-2-6-11(12)9-16/h2-8H,1H3,(H2,17,18). The van der Waals surface area contributed by atoms with E-state index < -0.39 is 5.91 Å². The second-order valence-corrected chi connectivity index (χ2v) is 4.02. The molecule has 0 heterocycles. The Hall–Kier alpha value is -2.60. The molecular weight excluding hydrogens is 224 g/mol. The second kappa shape index (κ2) is 4.72. The molecular formula is C15H12N2O. The Balaban J connectivity index is 2.79. The number of nitrogens with zero attached hydrogens (tertiary/aromatic N) is 1. The smallest absolute Gasteiger partial charge is 0.249 e. The van der Waals surface area contributed by atoms with E-state index in [2.05, 4.69) is 6.07 Å². The topological polar surface area (TPSA) is 66.9 Å². The Morgan fingerprint density at radius 1 is 1.17 bits per heavy atom. The predicted octanol–water partition coefficient (Wildman–Crippen LogP) is 2.63. The van der Waals surface area contributed by atoms with Gasteiger partial charge in [-0.15, -0.1) is 0 Å². The van der Waals surface area contributed by atoms with Crippen LogP contribution in [-0.4, -0.2) is 5.91 Å². The molecule has 0 aliphatic rings. The molecule has 2 N–H and O–H groups in total. The highest BCUT2D eigenvalue weighted by Crippen LogP contribution is 2.29. The van der Waals surface area contributed by atoms with Crippen molar-refractivity contribution in [3.05, 3.63) is 59.2 Å². The molecule has 0 aromatic heterocycles. The Morgan fingerprint density at radius 2 is 1.89 bits per heavy atom. The summed E-state index contributed by atoms with van der Waals surface area (Å²) in [7, 11) is 0. The van der Waals surface area contributed by atoms with E-state index in [1.807, 2.05) is 25.1 Å². The molecule has 0 spiro atoms. The zero-order valence-corrected chi connectivity index (χ0v) is 9.97. The summed E-state index contributed by atoms with van der Waals surface area (Å²) in [5.41, 5.74) is 8.77. The number of benzene rings is 2. The van der Waals surface area contributed by atoms with Crippen LogP contribution in [0.4, 0.5) is 0 Å². The lowest BCUT2D eigenvalue weighted by atomic mass is 9.92. The molecule has 0 radical (unpaired) electrons. The van der Waals surface area contributed by atoms with E-state index in [0.29, 0.717) is 11.1 Å². The summed E-state index contributed by atoms with van der Waals surface area (Å²) < 4.78 is 0. The summed E-state index contributed by atoms with van der Waals surface area (Å²) in [6.45, 7) is 1.90. The number of nitrogens with two attached hydrogens (primary N) is 1. The third-order valence-electron chi connectivity index (χ3n) is 2.86. The number of nitriles is 1. The summed E-state index contributed by atoms with van der Waals surface area (Å²) in [6, 6.07) is 14.7. The van der Waals surface area contributed by atoms with E-state index in [1.54, 1.807) is 24.3 Å². The summed E-state index contributed by atoms with van der Waals surface area (Å²) in [5.74, 6) is -0.485. The molecule has 2 aromatic carbocycles. The highest BCUT2D eigenvalue weighted by atomic mass is 16.1. The van der Waals surface area contributed by atoms with Gasteiger partial charge in [0.05, 0.1) is 11.6 Å². The summed E-state index contributed by atoms with van der Waals surface area (Å²) in [4.78, 5) is 11.5. The van der Waals surface area contributed by atoms with Gasteiger partial charge in [0.1, 0.15) is 0 Å². The van der Waals surface area contributed by atoms with E-state index >= 15 is 0 Å². The first kappa shape index (κ1) is 11.9. The third kappa shape index (κ3) is 1.96. The van der Waals surface area contributed by atoms with Gasteiger partial charge in [-0.2, -0.15) is 5.26 Å². The van der Waals surface area contributed by atoms with Crippen LogP contribution in [0.5, 0.6) is 0 Å². The van der Waals surface area contributed by atoms with Gasteiger partial charge in [0.2, 0.25) is 5.91 Å². The molecule has 3 nitrogen and oxygen atoms in total. The fourth-order valence-electron chi connectivity index (χ4n) is 2.03. The van der Waals surface area contributed by atoms with E-state index in [0.717, 1.165) is 16.7 Å². The first-order valence-electron chi connectivity index (χ1n) is 5.54. The molecule has 18 heavy (non-hydrogen) atoms. The van der Waals surface area contributed by atoms with Crippen molar-refractivity contribution in [1.82, 2.24) is 0 Å². The SMILES string of the molecule is Cc1cccc(C(N)=O)c1-c1ccccc1C#N. The van der Waals surface area contributed by atoms with Crippen molar-refractivity contribution < 1.29 is 4.79 Å². The van der Waals surface area contributed by atoms with E-state index in [4.69, 9.17) is 11.0 Å². The van der Waals surface area contributed by atoms with Crippen LogP contribution in [0.3, 0.4) is 0 Å². The van der Waals surface area contributed by atoms with Crippen molar-refractivity contribution >= 4 is 5.91 Å². The molecule has 0 saturated carbocycles. The lowest BCUT2D eigenvalue weighted by Crippen LogP contribution is -2.13. The van der Waals surface area contributed by atoms with Crippen molar-refractivity contribution in [2.45, 2.75) is 6.92 Å². The van der Waals surface area contributed by atoms with Crippen molar-refractivity contribution in [1.29, 1.82) is 5.26 Å². The molecule has 1 amide bonds. The minimum atomic E-state index is -0.485. The molecule has 0 fully saturated rings. The molecule has 0 saturated heterocycles. The average Bonchev–Trinajstić information content (AvgIpc) is 2.38. The predicted molar refractivity (Wildman–Crippen MR) is 69.8 cm³/mol. The van der Waals surface area contributed by atoms with Crippen molar-refractivity contribution in [3.63, 3.8) is 0 Å². The lowest BCUT2D eigenvalue weighted by Gasteiger charge is -2.11. The zero-order valence-electron chi connectivity index (χ0n) is 9.97. The number of amides is 1. The summed E-state index contributed by atoms with van der Waals surface area (Å²) in [5, 5.41) is 9.13. The quantitative estimate of drug-likeness (QED) is 0.870. The molecule has 0 bridgehead atoms. The maximum absolute atomic E-state index is 11.5. The number of aryl methyl sites for hydroxylation is 1. The van der Waals surface area contributed by atoms with Gasteiger partial charge in [-0.3, -0.25) is 4.79 Å². The lowest BCUT2D eigenvalue weighted by molar-refractivity contribution is 0.100. The van der Waals surface area contributed by atoms with Gasteiger partial charge in [0, 0.05) is 11.1 Å². The molecule has 3 heteroatoms. The first-order chi connectivity index (χ1) is 8.65. The average molecular weight is 236 g/mol. The van der Waals surface area contributed by atoms with Gasteiger partial charge >= 0.3 is 0 Å². The van der Waals surface area contributed by atoms with Crippen molar-refractivity contribution in [2.75, 3.05) is 0 Å². The molecule has 0 aliphatic carbocycles. The highest BCUT2D eigenvalue weighted by molar-refractivity contribution is 6.01. The van der Waals surface area contributed by atoms with Gasteiger partial charge in [0.15, 0.2) is 0 Å². The van der Waals surface area contributed by atoms with Gasteiger partial charge in [-0.1, -0.05) is 30.3 Å². The van der Waals surface area contributed by atoms with E-state index in [1.165, 1.54) is 0 Å². The Bertz CT molecular complexity index is 654. The van der Waals surface area contributed by atoms with Crippen molar-refractivity contribution in [2.24, 2.45) is 5.73 Å². The van der Waals surface area contributed by atoms with Crippen LogP contribution < -0.4 is 5.73 Å². The number of hydrogen-bond acceptors (Lipinski definition) is 2. The first-order valence-corrected chi connectivity index (χ1v) is 5.54. The van der Waals surface area contributed by atoms with Crippen LogP contribution in [0.15, 0.2) is 42.5 Å². The second-order valence-electron chi connectivity index (χ2n) is 4.02. The van der Waals surface area contributed by atoms with Crippen LogP contribution in [-0.2, 0) is 0 Å². The maximum Gasteiger partial charge on any atom is 0.249 e. The summed E-state index contributed by atoms with van der Waals surface area (Å²) in [6.07, 6.45) is 0. The maximum atomic E-state index is 11.5. The van der Waals surface area contributed by atoms with Gasteiger partial charge in [-0.05, 0) is 30.2 Å². The number of hydrogen-bond donors (Lipinski definition) is 1. The van der Waals surface area contributed by atoms with Gasteiger partial charge in [0.25, 0.3) is 0 Å². The minimum absolute atomic E-state index is 0.442. The molecule has 0 unspecified atom stereocenters. The normalized spacial score (nSPS) is 9.78. The largest absolute Gasteiger partial charge is 0.366 e. The number of carbonyl (C=O) groups is 1.